The van der Waals surface area contributed by atoms with Gasteiger partial charge in [0.25, 0.3) is 0 Å². The molecule has 0 aromatic rings. The van der Waals surface area contributed by atoms with E-state index in [4.69, 9.17) is 21.7 Å². The molecule has 6 heteroatoms. The lowest BCUT2D eigenvalue weighted by atomic mass is 10.0. The lowest BCUT2D eigenvalue weighted by Crippen LogP contribution is -2.41. The molecule has 5 nitrogen and oxygen atoms in total. The third-order valence-electron chi connectivity index (χ3n) is 5.72. The van der Waals surface area contributed by atoms with Crippen LogP contribution in [0.25, 0.3) is 0 Å². The lowest BCUT2D eigenvalue weighted by molar-refractivity contribution is -0.0663. The maximum Gasteiger partial charge on any atom is 0.159 e. The Morgan fingerprint density at radius 3 is 1.83 bits per heavy atom. The fourth-order valence-corrected chi connectivity index (χ4v) is 3.99. The van der Waals surface area contributed by atoms with Crippen molar-refractivity contribution in [2.24, 2.45) is 0 Å². The summed E-state index contributed by atoms with van der Waals surface area (Å²) in [6.45, 7) is 2.29. The molecule has 0 bridgehead atoms. The van der Waals surface area contributed by atoms with Gasteiger partial charge in [-0.25, -0.2) is 0 Å². The van der Waals surface area contributed by atoms with Crippen LogP contribution >= 0.6 is 12.2 Å². The van der Waals surface area contributed by atoms with E-state index in [9.17, 15) is 15.3 Å². The average molecular weight is 433 g/mol. The Labute approximate surface area is 183 Å². The van der Waals surface area contributed by atoms with E-state index in [0.717, 1.165) is 19.3 Å². The largest absolute Gasteiger partial charge is 0.484 e. The van der Waals surface area contributed by atoms with Gasteiger partial charge in [0.15, 0.2) is 5.05 Å². The monoisotopic (exact) mass is 432 g/mol. The zero-order chi connectivity index (χ0) is 21.3. The Kier molecular flexibility index (Phi) is 16.1. The highest BCUT2D eigenvalue weighted by molar-refractivity contribution is 7.80. The summed E-state index contributed by atoms with van der Waals surface area (Å²) >= 11 is 5.21. The zero-order valence-corrected chi connectivity index (χ0v) is 19.2. The van der Waals surface area contributed by atoms with Gasteiger partial charge in [-0.05, 0) is 18.6 Å². The highest BCUT2D eigenvalue weighted by atomic mass is 32.1. The van der Waals surface area contributed by atoms with Crippen LogP contribution in [0.5, 0.6) is 0 Å². The van der Waals surface area contributed by atoms with E-state index in [1.54, 1.807) is 0 Å². The van der Waals surface area contributed by atoms with Crippen molar-refractivity contribution in [2.75, 3.05) is 13.2 Å². The highest BCUT2D eigenvalue weighted by Gasteiger charge is 2.39. The number of thiocarbonyl (C=S) groups is 1. The summed E-state index contributed by atoms with van der Waals surface area (Å²) in [5, 5.41) is 29.6. The van der Waals surface area contributed by atoms with Crippen molar-refractivity contribution in [3.8, 4) is 0 Å². The van der Waals surface area contributed by atoms with Gasteiger partial charge in [-0.15, -0.1) is 0 Å². The van der Waals surface area contributed by atoms with E-state index < -0.39 is 24.4 Å². The quantitative estimate of drug-likeness (QED) is 0.215. The van der Waals surface area contributed by atoms with E-state index in [1.807, 2.05) is 0 Å². The van der Waals surface area contributed by atoms with Gasteiger partial charge in [-0.2, -0.15) is 0 Å². The number of unbranched alkanes of at least 4 members (excludes halogenated alkanes) is 13. The molecule has 4 atom stereocenters. The number of aliphatic hydroxyl groups excluding tert-OH is 3. The number of aliphatic hydroxyl groups is 3. The van der Waals surface area contributed by atoms with Crippen LogP contribution in [-0.2, 0) is 9.47 Å². The van der Waals surface area contributed by atoms with Crippen molar-refractivity contribution in [1.29, 1.82) is 0 Å². The summed E-state index contributed by atoms with van der Waals surface area (Å²) in [6, 6.07) is 0. The van der Waals surface area contributed by atoms with Crippen LogP contribution < -0.4 is 0 Å². The van der Waals surface area contributed by atoms with Crippen molar-refractivity contribution in [3.63, 3.8) is 0 Å². The van der Waals surface area contributed by atoms with E-state index in [1.165, 1.54) is 77.0 Å². The Balaban J connectivity index is 1.84. The van der Waals surface area contributed by atoms with Gasteiger partial charge in [0.05, 0.1) is 6.61 Å². The van der Waals surface area contributed by atoms with E-state index >= 15 is 0 Å². The predicted molar refractivity (Wildman–Crippen MR) is 121 cm³/mol. The standard InChI is InChI=1S/C23H44O5S/c1-2-3-4-5-6-7-8-9-10-11-12-13-14-15-16-21(29)27-18-20(25)23-22(26)19(24)17-28-23/h19-20,22-26H,2-18H2,1H3/t19-,20+,22+,23+/m1/s1. The third-order valence-corrected chi connectivity index (χ3v) is 6.04. The van der Waals surface area contributed by atoms with Crippen molar-refractivity contribution < 1.29 is 24.8 Å². The molecule has 29 heavy (non-hydrogen) atoms. The van der Waals surface area contributed by atoms with E-state index in [2.05, 4.69) is 6.92 Å². The first-order valence-electron chi connectivity index (χ1n) is 11.9. The third kappa shape index (κ3) is 12.9. The summed E-state index contributed by atoms with van der Waals surface area (Å²) in [5.74, 6) is 0. The Morgan fingerprint density at radius 2 is 1.38 bits per heavy atom. The van der Waals surface area contributed by atoms with Crippen LogP contribution in [0.15, 0.2) is 0 Å². The highest BCUT2D eigenvalue weighted by Crippen LogP contribution is 2.18. The smallest absolute Gasteiger partial charge is 0.159 e. The number of hydrogen-bond donors (Lipinski definition) is 3. The normalized spacial score (nSPS) is 22.7. The predicted octanol–water partition coefficient (Wildman–Crippen LogP) is 4.68. The molecule has 0 aromatic carbocycles. The number of rotatable bonds is 18. The molecule has 0 aromatic heterocycles. The molecule has 1 aliphatic rings. The van der Waals surface area contributed by atoms with Gasteiger partial charge in [0.2, 0.25) is 0 Å². The summed E-state index contributed by atoms with van der Waals surface area (Å²) in [4.78, 5) is 0. The molecule has 0 amide bonds. The molecule has 0 radical (unpaired) electrons. The minimum atomic E-state index is -1.08. The number of hydrogen-bond acceptors (Lipinski definition) is 6. The van der Waals surface area contributed by atoms with Crippen LogP contribution in [0.1, 0.15) is 103 Å². The lowest BCUT2D eigenvalue weighted by Gasteiger charge is -2.21. The molecule has 0 spiro atoms. The number of ether oxygens (including phenoxy) is 2. The molecule has 1 rings (SSSR count). The van der Waals surface area contributed by atoms with Crippen molar-refractivity contribution >= 4 is 17.3 Å². The van der Waals surface area contributed by atoms with Crippen LogP contribution in [-0.4, -0.2) is 58.0 Å². The van der Waals surface area contributed by atoms with E-state index in [-0.39, 0.29) is 13.2 Å². The van der Waals surface area contributed by atoms with Crippen molar-refractivity contribution in [1.82, 2.24) is 0 Å². The molecule has 1 saturated heterocycles. The molecule has 1 fully saturated rings. The van der Waals surface area contributed by atoms with Gasteiger partial charge in [0.1, 0.15) is 31.0 Å². The molecular formula is C23H44O5S. The van der Waals surface area contributed by atoms with Gasteiger partial charge >= 0.3 is 0 Å². The van der Waals surface area contributed by atoms with Gasteiger partial charge < -0.3 is 24.8 Å². The Bertz CT molecular complexity index is 407. The summed E-state index contributed by atoms with van der Waals surface area (Å²) in [6.07, 6.45) is 15.4. The Morgan fingerprint density at radius 1 is 0.897 bits per heavy atom. The zero-order valence-electron chi connectivity index (χ0n) is 18.4. The maximum atomic E-state index is 10.00. The Hall–Kier alpha value is -0.270. The first kappa shape index (κ1) is 26.8. The minimum Gasteiger partial charge on any atom is -0.484 e. The summed E-state index contributed by atoms with van der Waals surface area (Å²) < 4.78 is 10.6. The first-order chi connectivity index (χ1) is 14.1. The summed E-state index contributed by atoms with van der Waals surface area (Å²) in [5.41, 5.74) is 0. The second-order valence-electron chi connectivity index (χ2n) is 8.45. The van der Waals surface area contributed by atoms with E-state index in [0.29, 0.717) is 5.05 Å². The van der Waals surface area contributed by atoms with Crippen LogP contribution in [0.3, 0.4) is 0 Å². The topological polar surface area (TPSA) is 79.2 Å². The molecule has 3 N–H and O–H groups in total. The first-order valence-corrected chi connectivity index (χ1v) is 12.3. The average Bonchev–Trinajstić information content (AvgIpc) is 3.05. The van der Waals surface area contributed by atoms with Crippen molar-refractivity contribution in [2.45, 2.75) is 128 Å². The molecule has 1 aliphatic heterocycles. The second kappa shape index (κ2) is 17.4. The van der Waals surface area contributed by atoms with Crippen LogP contribution in [0, 0.1) is 0 Å². The molecule has 0 aliphatic carbocycles. The maximum absolute atomic E-state index is 10.00. The fraction of sp³-hybridized carbons (Fsp3) is 0.957. The van der Waals surface area contributed by atoms with Gasteiger partial charge in [-0.1, -0.05) is 90.4 Å². The molecule has 172 valence electrons. The van der Waals surface area contributed by atoms with Crippen LogP contribution in [0.4, 0.5) is 0 Å². The summed E-state index contributed by atoms with van der Waals surface area (Å²) in [7, 11) is 0. The molecular weight excluding hydrogens is 388 g/mol. The minimum absolute atomic E-state index is 0.00805. The SMILES string of the molecule is CCCCCCCCCCCCCCCCC(=S)OC[C@H](O)[C@@H]1OC[C@@H](O)[C@@H]1O. The second-order valence-corrected chi connectivity index (χ2v) is 8.91. The van der Waals surface area contributed by atoms with Gasteiger partial charge in [-0.3, -0.25) is 0 Å². The molecule has 0 unspecified atom stereocenters. The fourth-order valence-electron chi connectivity index (χ4n) is 3.77. The van der Waals surface area contributed by atoms with Gasteiger partial charge in [0, 0.05) is 6.42 Å². The molecule has 1 heterocycles. The van der Waals surface area contributed by atoms with Crippen LogP contribution in [0.2, 0.25) is 0 Å². The van der Waals surface area contributed by atoms with Crippen molar-refractivity contribution in [3.05, 3.63) is 0 Å². The molecule has 0 saturated carbocycles.